The molecule has 1 N–H and O–H groups in total. The number of hydrogen-bond donors (Lipinski definition) is 1. The van der Waals surface area contributed by atoms with Crippen molar-refractivity contribution in [3.05, 3.63) is 34.0 Å². The van der Waals surface area contributed by atoms with Gasteiger partial charge in [0.15, 0.2) is 5.69 Å². The van der Waals surface area contributed by atoms with E-state index in [-0.39, 0.29) is 34.1 Å². The molecule has 22 heavy (non-hydrogen) atoms. The predicted molar refractivity (Wildman–Crippen MR) is 72.5 cm³/mol. The third kappa shape index (κ3) is 2.92. The van der Waals surface area contributed by atoms with Gasteiger partial charge in [-0.3, -0.25) is 0 Å². The molecule has 0 radical (unpaired) electrons. The van der Waals surface area contributed by atoms with Crippen LogP contribution in [0.5, 0.6) is 0 Å². The maximum atomic E-state index is 12.8. The summed E-state index contributed by atoms with van der Waals surface area (Å²) in [7, 11) is 0. The number of hydrogen-bond acceptors (Lipinski definition) is 4. The van der Waals surface area contributed by atoms with Gasteiger partial charge in [0.1, 0.15) is 5.69 Å². The Balaban J connectivity index is 2.54. The molecule has 118 valence electrons. The van der Waals surface area contributed by atoms with Crippen molar-refractivity contribution in [3.8, 4) is 11.3 Å². The van der Waals surface area contributed by atoms with Crippen LogP contribution < -0.4 is 0 Å². The summed E-state index contributed by atoms with van der Waals surface area (Å²) < 4.78 is 43.3. The van der Waals surface area contributed by atoms with Gasteiger partial charge in [-0.2, -0.15) is 23.5 Å². The van der Waals surface area contributed by atoms with Gasteiger partial charge in [-0.1, -0.05) is 17.7 Å². The van der Waals surface area contributed by atoms with Gasteiger partial charge in [-0.25, -0.2) is 4.79 Å². The van der Waals surface area contributed by atoms with Crippen LogP contribution in [0, 0.1) is 6.92 Å². The lowest BCUT2D eigenvalue weighted by Gasteiger charge is -2.13. The topological polar surface area (TPSA) is 67.9 Å². The number of H-pyrrole nitrogens is 1. The van der Waals surface area contributed by atoms with Crippen molar-refractivity contribution < 1.29 is 22.7 Å². The van der Waals surface area contributed by atoms with Gasteiger partial charge in [0, 0.05) is 5.56 Å². The minimum atomic E-state index is -4.51. The van der Waals surface area contributed by atoms with E-state index in [4.69, 9.17) is 16.3 Å². The van der Waals surface area contributed by atoms with E-state index in [0.29, 0.717) is 0 Å². The van der Waals surface area contributed by atoms with Gasteiger partial charge < -0.3 is 4.74 Å². The van der Waals surface area contributed by atoms with Crippen LogP contribution in [0.25, 0.3) is 11.3 Å². The Hall–Kier alpha value is -2.09. The highest BCUT2D eigenvalue weighted by Gasteiger charge is 2.34. The summed E-state index contributed by atoms with van der Waals surface area (Å²) in [5.41, 5.74) is -0.918. The fourth-order valence-electron chi connectivity index (χ4n) is 1.94. The highest BCUT2D eigenvalue weighted by Crippen LogP contribution is 2.39. The first-order valence-corrected chi connectivity index (χ1v) is 6.59. The Morgan fingerprint density at radius 3 is 2.64 bits per heavy atom. The summed E-state index contributed by atoms with van der Waals surface area (Å²) >= 11 is 6.02. The van der Waals surface area contributed by atoms with E-state index in [2.05, 4.69) is 15.4 Å². The fourth-order valence-corrected chi connectivity index (χ4v) is 2.19. The number of ether oxygens (including phenoxy) is 1. The molecule has 1 heterocycles. The third-order valence-electron chi connectivity index (χ3n) is 2.96. The van der Waals surface area contributed by atoms with Crippen LogP contribution in [0.15, 0.2) is 12.1 Å². The Kier molecular flexibility index (Phi) is 4.41. The summed E-state index contributed by atoms with van der Waals surface area (Å²) in [4.78, 5) is 11.8. The molecule has 5 nitrogen and oxygen atoms in total. The maximum absolute atomic E-state index is 12.8. The second-order valence-corrected chi connectivity index (χ2v) is 4.72. The lowest BCUT2D eigenvalue weighted by atomic mass is 10.0. The number of aromatic nitrogens is 3. The van der Waals surface area contributed by atoms with Crippen molar-refractivity contribution in [3.63, 3.8) is 0 Å². The molecule has 0 unspecified atom stereocenters. The van der Waals surface area contributed by atoms with Crippen molar-refractivity contribution >= 4 is 17.6 Å². The zero-order chi connectivity index (χ0) is 16.5. The normalized spacial score (nSPS) is 11.5. The van der Waals surface area contributed by atoms with Crippen molar-refractivity contribution in [1.82, 2.24) is 15.4 Å². The van der Waals surface area contributed by atoms with Crippen molar-refractivity contribution in [2.45, 2.75) is 20.0 Å². The number of alkyl halides is 3. The molecule has 0 fully saturated rings. The second kappa shape index (κ2) is 5.96. The molecule has 0 bridgehead atoms. The SMILES string of the molecule is CCOC(=O)c1n[nH]nc1-c1ccc(C(F)(F)F)c(C)c1Cl. The standard InChI is InChI=1S/C13H11ClF3N3O2/c1-3-22-12(21)11-10(18-20-19-11)7-4-5-8(13(15,16)17)6(2)9(7)14/h4-5H,3H2,1-2H3,(H,18,19,20). The smallest absolute Gasteiger partial charge is 0.416 e. The molecule has 2 rings (SSSR count). The number of esters is 1. The molecule has 0 saturated heterocycles. The number of carbonyl (C=O) groups excluding carboxylic acids is 1. The fraction of sp³-hybridized carbons (Fsp3) is 0.308. The Morgan fingerprint density at radius 1 is 1.36 bits per heavy atom. The first-order chi connectivity index (χ1) is 10.3. The molecule has 1 aromatic carbocycles. The Bertz CT molecular complexity index is 713. The molecule has 0 atom stereocenters. The molecular weight excluding hydrogens is 323 g/mol. The molecule has 9 heteroatoms. The number of halogens is 4. The quantitative estimate of drug-likeness (QED) is 0.871. The average molecular weight is 334 g/mol. The van der Waals surface area contributed by atoms with Crippen LogP contribution in [-0.2, 0) is 10.9 Å². The van der Waals surface area contributed by atoms with Crippen LogP contribution in [0.4, 0.5) is 13.2 Å². The lowest BCUT2D eigenvalue weighted by Crippen LogP contribution is -2.09. The number of carbonyl (C=O) groups is 1. The molecule has 1 aromatic heterocycles. The van der Waals surface area contributed by atoms with E-state index in [0.717, 1.165) is 12.1 Å². The summed E-state index contributed by atoms with van der Waals surface area (Å²) in [6.45, 7) is 3.00. The Morgan fingerprint density at radius 2 is 2.05 bits per heavy atom. The van der Waals surface area contributed by atoms with E-state index in [1.807, 2.05) is 0 Å². The first kappa shape index (κ1) is 16.3. The van der Waals surface area contributed by atoms with Gasteiger partial charge in [0.2, 0.25) is 0 Å². The maximum Gasteiger partial charge on any atom is 0.416 e. The van der Waals surface area contributed by atoms with Gasteiger partial charge in [-0.15, -0.1) is 5.10 Å². The van der Waals surface area contributed by atoms with E-state index >= 15 is 0 Å². The van der Waals surface area contributed by atoms with Crippen LogP contribution in [0.2, 0.25) is 5.02 Å². The monoisotopic (exact) mass is 333 g/mol. The zero-order valence-corrected chi connectivity index (χ0v) is 12.3. The predicted octanol–water partition coefficient (Wildman–Crippen LogP) is 3.63. The van der Waals surface area contributed by atoms with Crippen LogP contribution >= 0.6 is 11.6 Å². The third-order valence-corrected chi connectivity index (χ3v) is 3.45. The number of aromatic amines is 1. The van der Waals surface area contributed by atoms with Gasteiger partial charge in [0.05, 0.1) is 17.2 Å². The zero-order valence-electron chi connectivity index (χ0n) is 11.6. The number of benzene rings is 1. The van der Waals surface area contributed by atoms with Gasteiger partial charge in [0.25, 0.3) is 0 Å². The summed E-state index contributed by atoms with van der Waals surface area (Å²) in [5.74, 6) is -0.736. The lowest BCUT2D eigenvalue weighted by molar-refractivity contribution is -0.138. The molecule has 0 spiro atoms. The highest BCUT2D eigenvalue weighted by atomic mass is 35.5. The van der Waals surface area contributed by atoms with E-state index in [1.165, 1.54) is 6.92 Å². The minimum Gasteiger partial charge on any atom is -0.461 e. The number of rotatable bonds is 3. The van der Waals surface area contributed by atoms with Gasteiger partial charge in [-0.05, 0) is 25.5 Å². The first-order valence-electron chi connectivity index (χ1n) is 6.22. The van der Waals surface area contributed by atoms with Crippen molar-refractivity contribution in [2.75, 3.05) is 6.61 Å². The molecule has 0 saturated carbocycles. The molecule has 0 aliphatic rings. The molecule has 0 amide bonds. The summed E-state index contributed by atoms with van der Waals surface area (Å²) in [5, 5.41) is 9.54. The van der Waals surface area contributed by atoms with Crippen LogP contribution in [-0.4, -0.2) is 28.0 Å². The minimum absolute atomic E-state index is 0.0419. The molecule has 0 aliphatic heterocycles. The van der Waals surface area contributed by atoms with Crippen molar-refractivity contribution in [2.24, 2.45) is 0 Å². The second-order valence-electron chi connectivity index (χ2n) is 4.34. The molecule has 0 aliphatic carbocycles. The van der Waals surface area contributed by atoms with Crippen molar-refractivity contribution in [1.29, 1.82) is 0 Å². The Labute approximate surface area is 128 Å². The van der Waals surface area contributed by atoms with E-state index < -0.39 is 17.7 Å². The van der Waals surface area contributed by atoms with Gasteiger partial charge >= 0.3 is 12.1 Å². The van der Waals surface area contributed by atoms with Crippen LogP contribution in [0.1, 0.15) is 28.5 Å². The summed E-state index contributed by atoms with van der Waals surface area (Å²) in [6, 6.07) is 2.04. The molecular formula is C13H11ClF3N3O2. The largest absolute Gasteiger partial charge is 0.461 e. The average Bonchev–Trinajstić information content (AvgIpc) is 2.89. The molecule has 2 aromatic rings. The van der Waals surface area contributed by atoms with E-state index in [1.54, 1.807) is 6.92 Å². The summed E-state index contributed by atoms with van der Waals surface area (Å²) in [6.07, 6.45) is -4.51. The number of nitrogens with one attached hydrogen (secondary N) is 1. The highest BCUT2D eigenvalue weighted by molar-refractivity contribution is 6.34. The van der Waals surface area contributed by atoms with E-state index in [9.17, 15) is 18.0 Å². The van der Waals surface area contributed by atoms with Crippen LogP contribution in [0.3, 0.4) is 0 Å². The number of nitrogens with zero attached hydrogens (tertiary/aromatic N) is 2.